The summed E-state index contributed by atoms with van der Waals surface area (Å²) in [6.07, 6.45) is 1.70. The van der Waals surface area contributed by atoms with E-state index in [1.54, 1.807) is 22.2 Å². The smallest absolute Gasteiger partial charge is 0.245 e. The second-order valence-electron chi connectivity index (χ2n) is 5.74. The first-order valence-electron chi connectivity index (χ1n) is 8.10. The predicted molar refractivity (Wildman–Crippen MR) is 98.4 cm³/mol. The highest BCUT2D eigenvalue weighted by atomic mass is 32.1. The molecule has 1 N–H and O–H groups in total. The van der Waals surface area contributed by atoms with Crippen molar-refractivity contribution in [3.05, 3.63) is 58.9 Å². The molecular formula is C18H18N4O2S. The predicted octanol–water partition coefficient (Wildman–Crippen LogP) is 2.83. The maximum absolute atomic E-state index is 12.5. The van der Waals surface area contributed by atoms with E-state index in [0.717, 1.165) is 11.4 Å². The summed E-state index contributed by atoms with van der Waals surface area (Å²) in [5.74, 6) is 1.47. The molecule has 128 valence electrons. The van der Waals surface area contributed by atoms with Gasteiger partial charge in [0.05, 0.1) is 31.5 Å². The van der Waals surface area contributed by atoms with E-state index in [1.165, 1.54) is 4.88 Å². The molecule has 0 radical (unpaired) electrons. The number of benzene rings is 1. The standard InChI is InChI=1S/C18H18N4O2S/c23-18(13-21-9-10-24-16-6-2-1-5-15(16)21)20-17-7-8-19-22(17)12-14-4-3-11-25-14/h1-8,11H,9-10,12-13H2,(H,20,23). The van der Waals surface area contributed by atoms with Crippen LogP contribution in [0.1, 0.15) is 4.88 Å². The van der Waals surface area contributed by atoms with Gasteiger partial charge in [-0.2, -0.15) is 5.10 Å². The average Bonchev–Trinajstić information content (AvgIpc) is 3.28. The number of nitrogens with one attached hydrogen (secondary N) is 1. The Balaban J connectivity index is 1.43. The Hall–Kier alpha value is -2.80. The minimum Gasteiger partial charge on any atom is -0.490 e. The van der Waals surface area contributed by atoms with Crippen LogP contribution in [-0.4, -0.2) is 35.4 Å². The molecule has 0 saturated heterocycles. The number of thiophene rings is 1. The van der Waals surface area contributed by atoms with Crippen LogP contribution in [0.3, 0.4) is 0 Å². The molecule has 4 rings (SSSR count). The fourth-order valence-corrected chi connectivity index (χ4v) is 3.55. The van der Waals surface area contributed by atoms with Crippen LogP contribution in [0.2, 0.25) is 0 Å². The number of nitrogens with zero attached hydrogens (tertiary/aromatic N) is 3. The molecule has 1 amide bonds. The maximum Gasteiger partial charge on any atom is 0.245 e. The van der Waals surface area contributed by atoms with E-state index in [2.05, 4.69) is 16.5 Å². The van der Waals surface area contributed by atoms with Gasteiger partial charge in [0.25, 0.3) is 0 Å². The topological polar surface area (TPSA) is 59.4 Å². The van der Waals surface area contributed by atoms with Gasteiger partial charge in [-0.05, 0) is 23.6 Å². The van der Waals surface area contributed by atoms with Gasteiger partial charge in [-0.3, -0.25) is 4.79 Å². The summed E-state index contributed by atoms with van der Waals surface area (Å²) in [5.41, 5.74) is 0.955. The fraction of sp³-hybridized carbons (Fsp3) is 0.222. The zero-order valence-electron chi connectivity index (χ0n) is 13.6. The molecule has 25 heavy (non-hydrogen) atoms. The number of aromatic nitrogens is 2. The lowest BCUT2D eigenvalue weighted by Crippen LogP contribution is -2.39. The van der Waals surface area contributed by atoms with Gasteiger partial charge in [0.15, 0.2) is 0 Å². The molecule has 7 heteroatoms. The molecule has 0 unspecified atom stereocenters. The van der Waals surface area contributed by atoms with Crippen LogP contribution in [0.4, 0.5) is 11.5 Å². The molecule has 0 spiro atoms. The number of fused-ring (bicyclic) bond motifs is 1. The monoisotopic (exact) mass is 354 g/mol. The second-order valence-corrected chi connectivity index (χ2v) is 6.77. The molecule has 1 aliphatic heterocycles. The Bertz CT molecular complexity index is 860. The highest BCUT2D eigenvalue weighted by Crippen LogP contribution is 2.30. The van der Waals surface area contributed by atoms with E-state index in [9.17, 15) is 4.79 Å². The van der Waals surface area contributed by atoms with E-state index < -0.39 is 0 Å². The molecule has 0 atom stereocenters. The molecule has 3 heterocycles. The summed E-state index contributed by atoms with van der Waals surface area (Å²) < 4.78 is 7.44. The molecule has 2 aromatic heterocycles. The third-order valence-electron chi connectivity index (χ3n) is 4.03. The largest absolute Gasteiger partial charge is 0.490 e. The van der Waals surface area contributed by atoms with Crippen LogP contribution >= 0.6 is 11.3 Å². The Kier molecular flexibility index (Phi) is 4.39. The van der Waals surface area contributed by atoms with Crippen LogP contribution in [-0.2, 0) is 11.3 Å². The van der Waals surface area contributed by atoms with Crippen LogP contribution in [0.15, 0.2) is 54.0 Å². The maximum atomic E-state index is 12.5. The summed E-state index contributed by atoms with van der Waals surface area (Å²) in [7, 11) is 0. The first kappa shape index (κ1) is 15.7. The third kappa shape index (κ3) is 3.51. The quantitative estimate of drug-likeness (QED) is 0.765. The minimum atomic E-state index is -0.0652. The minimum absolute atomic E-state index is 0.0652. The summed E-state index contributed by atoms with van der Waals surface area (Å²) in [6.45, 7) is 2.21. The number of hydrogen-bond donors (Lipinski definition) is 1. The highest BCUT2D eigenvalue weighted by Gasteiger charge is 2.20. The van der Waals surface area contributed by atoms with Crippen molar-refractivity contribution in [3.8, 4) is 5.75 Å². The summed E-state index contributed by atoms with van der Waals surface area (Å²) in [4.78, 5) is 15.7. The van der Waals surface area contributed by atoms with Crippen LogP contribution in [0.25, 0.3) is 0 Å². The lowest BCUT2D eigenvalue weighted by atomic mass is 10.2. The summed E-state index contributed by atoms with van der Waals surface area (Å²) in [6, 6.07) is 13.7. The third-order valence-corrected chi connectivity index (χ3v) is 4.89. The number of amides is 1. The van der Waals surface area contributed by atoms with Crippen molar-refractivity contribution in [1.29, 1.82) is 0 Å². The van der Waals surface area contributed by atoms with Crippen LogP contribution in [0.5, 0.6) is 5.75 Å². The number of rotatable bonds is 5. The van der Waals surface area contributed by atoms with Gasteiger partial charge in [-0.1, -0.05) is 18.2 Å². The molecule has 3 aromatic rings. The van der Waals surface area contributed by atoms with Gasteiger partial charge in [0.1, 0.15) is 18.2 Å². The molecule has 0 bridgehead atoms. The molecule has 0 aliphatic carbocycles. The van der Waals surface area contributed by atoms with E-state index in [0.29, 0.717) is 25.5 Å². The van der Waals surface area contributed by atoms with E-state index in [1.807, 2.05) is 46.7 Å². The zero-order valence-corrected chi connectivity index (χ0v) is 14.4. The molecule has 1 aliphatic rings. The fourth-order valence-electron chi connectivity index (χ4n) is 2.86. The number of anilines is 2. The second kappa shape index (κ2) is 6.98. The van der Waals surface area contributed by atoms with Crippen LogP contribution < -0.4 is 15.0 Å². The molecule has 6 nitrogen and oxygen atoms in total. The normalized spacial score (nSPS) is 13.2. The number of hydrogen-bond acceptors (Lipinski definition) is 5. The SMILES string of the molecule is O=C(CN1CCOc2ccccc21)Nc1ccnn1Cc1cccs1. The number of carbonyl (C=O) groups is 1. The van der Waals surface area contributed by atoms with Gasteiger partial charge in [-0.15, -0.1) is 11.3 Å². The molecule has 1 aromatic carbocycles. The van der Waals surface area contributed by atoms with Crippen molar-refractivity contribution in [2.45, 2.75) is 6.54 Å². The average molecular weight is 354 g/mol. The van der Waals surface area contributed by atoms with Crippen molar-refractivity contribution >= 4 is 28.7 Å². The van der Waals surface area contributed by atoms with Gasteiger partial charge in [0.2, 0.25) is 5.91 Å². The van der Waals surface area contributed by atoms with Crippen molar-refractivity contribution in [1.82, 2.24) is 9.78 Å². The van der Waals surface area contributed by atoms with Crippen molar-refractivity contribution in [2.24, 2.45) is 0 Å². The number of para-hydroxylation sites is 2. The first-order chi connectivity index (χ1) is 12.3. The number of carbonyl (C=O) groups excluding carboxylic acids is 1. The lowest BCUT2D eigenvalue weighted by Gasteiger charge is -2.30. The Morgan fingerprint density at radius 2 is 2.16 bits per heavy atom. The van der Waals surface area contributed by atoms with Gasteiger partial charge in [0, 0.05) is 10.9 Å². The molecule has 0 fully saturated rings. The van der Waals surface area contributed by atoms with Crippen molar-refractivity contribution < 1.29 is 9.53 Å². The summed E-state index contributed by atoms with van der Waals surface area (Å²) >= 11 is 1.67. The Morgan fingerprint density at radius 3 is 3.04 bits per heavy atom. The highest BCUT2D eigenvalue weighted by molar-refractivity contribution is 7.09. The van der Waals surface area contributed by atoms with E-state index in [-0.39, 0.29) is 12.5 Å². The molecular weight excluding hydrogens is 336 g/mol. The molecule has 0 saturated carbocycles. The number of ether oxygens (including phenoxy) is 1. The Labute approximate surface area is 149 Å². The summed E-state index contributed by atoms with van der Waals surface area (Å²) in [5, 5.41) is 9.30. The first-order valence-corrected chi connectivity index (χ1v) is 8.98. The van der Waals surface area contributed by atoms with Crippen molar-refractivity contribution in [2.75, 3.05) is 29.9 Å². The lowest BCUT2D eigenvalue weighted by molar-refractivity contribution is -0.115. The Morgan fingerprint density at radius 1 is 1.24 bits per heavy atom. The van der Waals surface area contributed by atoms with Crippen LogP contribution in [0, 0.1) is 0 Å². The van der Waals surface area contributed by atoms with E-state index in [4.69, 9.17) is 4.74 Å². The van der Waals surface area contributed by atoms with Gasteiger partial charge >= 0.3 is 0 Å². The van der Waals surface area contributed by atoms with E-state index >= 15 is 0 Å². The van der Waals surface area contributed by atoms with Gasteiger partial charge in [-0.25, -0.2) is 4.68 Å². The zero-order chi connectivity index (χ0) is 17.1. The van der Waals surface area contributed by atoms with Gasteiger partial charge < -0.3 is 15.0 Å². The van der Waals surface area contributed by atoms with Crippen molar-refractivity contribution in [3.63, 3.8) is 0 Å².